The number of amidine groups is 1. The van der Waals surface area contributed by atoms with Gasteiger partial charge < -0.3 is 22.2 Å². The van der Waals surface area contributed by atoms with Crippen LogP contribution in [0.2, 0.25) is 0 Å². The first kappa shape index (κ1) is 14.2. The molecule has 104 valence electrons. The van der Waals surface area contributed by atoms with Crippen LogP contribution < -0.4 is 17.4 Å². The molecule has 0 aliphatic rings. The molecule has 6 N–H and O–H groups in total. The highest BCUT2D eigenvalue weighted by Gasteiger charge is 2.00. The molecule has 0 aliphatic carbocycles. The molecule has 0 bridgehead atoms. The van der Waals surface area contributed by atoms with E-state index in [0.717, 1.165) is 21.8 Å². The molecular weight excluding hydrogens is 252 g/mol. The quantitative estimate of drug-likeness (QED) is 0.329. The van der Waals surface area contributed by atoms with E-state index in [9.17, 15) is 0 Å². The number of benzene rings is 2. The maximum absolute atomic E-state index is 5.87. The molecular formula is C14H17N6-. The van der Waals surface area contributed by atoms with Crippen LogP contribution in [0.5, 0.6) is 0 Å². The van der Waals surface area contributed by atoms with Crippen molar-refractivity contribution in [1.82, 2.24) is 5.12 Å². The van der Waals surface area contributed by atoms with Gasteiger partial charge in [-0.2, -0.15) is 0 Å². The van der Waals surface area contributed by atoms with Crippen molar-refractivity contribution in [3.8, 4) is 11.1 Å². The summed E-state index contributed by atoms with van der Waals surface area (Å²) >= 11 is 0. The molecule has 0 saturated carbocycles. The van der Waals surface area contributed by atoms with E-state index in [0.29, 0.717) is 5.84 Å². The molecule has 2 aromatic carbocycles. The fourth-order valence-electron chi connectivity index (χ4n) is 1.74. The summed E-state index contributed by atoms with van der Waals surface area (Å²) < 4.78 is 0. The minimum Gasteiger partial charge on any atom is -0.517 e. The van der Waals surface area contributed by atoms with Gasteiger partial charge in [-0.05, 0) is 11.1 Å². The Kier molecular flexibility index (Phi) is 4.80. The predicted octanol–water partition coefficient (Wildman–Crippen LogP) is 1.35. The lowest BCUT2D eigenvalue weighted by molar-refractivity contribution is 0.369. The minimum atomic E-state index is 0.114. The maximum atomic E-state index is 5.87. The highest BCUT2D eigenvalue weighted by molar-refractivity contribution is 5.97. The van der Waals surface area contributed by atoms with Gasteiger partial charge in [0.15, 0.2) is 0 Å². The Balaban J connectivity index is 2.12. The Hall–Kier alpha value is -2.25. The fraction of sp³-hybridized carbons (Fsp3) is 0.0714. The molecule has 6 heteroatoms. The zero-order valence-electron chi connectivity index (χ0n) is 11.0. The molecule has 0 unspecified atom stereocenters. The summed E-state index contributed by atoms with van der Waals surface area (Å²) in [6.45, 7) is 0.114. The summed E-state index contributed by atoms with van der Waals surface area (Å²) in [5.41, 5.74) is 12.2. The first-order valence-electron chi connectivity index (χ1n) is 6.09. The molecule has 0 spiro atoms. The molecule has 0 heterocycles. The van der Waals surface area contributed by atoms with Crippen LogP contribution in [0.25, 0.3) is 16.7 Å². The summed E-state index contributed by atoms with van der Waals surface area (Å²) in [5, 5.41) is 1.01. The highest BCUT2D eigenvalue weighted by Crippen LogP contribution is 2.19. The number of rotatable bonds is 5. The van der Waals surface area contributed by atoms with E-state index in [1.807, 2.05) is 42.5 Å². The first-order chi connectivity index (χ1) is 9.70. The van der Waals surface area contributed by atoms with Gasteiger partial charge in [-0.3, -0.25) is 10.8 Å². The lowest BCUT2D eigenvalue weighted by Crippen LogP contribution is -2.30. The van der Waals surface area contributed by atoms with Gasteiger partial charge in [-0.15, -0.1) is 0 Å². The Morgan fingerprint density at radius 3 is 2.20 bits per heavy atom. The summed E-state index contributed by atoms with van der Waals surface area (Å²) in [6.07, 6.45) is 0. The van der Waals surface area contributed by atoms with Crippen LogP contribution in [0.4, 0.5) is 0 Å². The second kappa shape index (κ2) is 6.78. The lowest BCUT2D eigenvalue weighted by atomic mass is 10.0. The number of nitrogens with two attached hydrogens (primary N) is 3. The van der Waals surface area contributed by atoms with Gasteiger partial charge in [0.2, 0.25) is 0 Å². The van der Waals surface area contributed by atoms with Gasteiger partial charge in [0.25, 0.3) is 0 Å². The monoisotopic (exact) mass is 269 g/mol. The van der Waals surface area contributed by atoms with Gasteiger partial charge >= 0.3 is 0 Å². The van der Waals surface area contributed by atoms with Crippen molar-refractivity contribution < 1.29 is 0 Å². The lowest BCUT2D eigenvalue weighted by Gasteiger charge is -2.25. The van der Waals surface area contributed by atoms with Crippen molar-refractivity contribution in [2.24, 2.45) is 22.4 Å². The minimum absolute atomic E-state index is 0.114. The van der Waals surface area contributed by atoms with Crippen molar-refractivity contribution in [2.75, 3.05) is 6.67 Å². The number of nitrogens with zero attached hydrogens (tertiary/aromatic N) is 3. The molecule has 0 fully saturated rings. The summed E-state index contributed by atoms with van der Waals surface area (Å²) in [4.78, 5) is 4.09. The molecule has 0 saturated heterocycles. The highest BCUT2D eigenvalue weighted by atomic mass is 15.8. The van der Waals surface area contributed by atoms with Crippen LogP contribution in [-0.4, -0.2) is 17.6 Å². The molecule has 0 aromatic heterocycles. The predicted molar refractivity (Wildman–Crippen MR) is 81.0 cm³/mol. The largest absolute Gasteiger partial charge is 0.517 e. The standard InChI is InChI=1S/C14H17N6/c15-14(18-10-20(17)19-16)13-8-6-12(7-9-13)11-4-2-1-3-5-11/h1-9H,10,16-17H2,(H2,15,18)/q-1. The van der Waals surface area contributed by atoms with Crippen molar-refractivity contribution in [2.45, 2.75) is 0 Å². The van der Waals surface area contributed by atoms with Crippen LogP contribution in [0.15, 0.2) is 59.6 Å². The molecule has 0 atom stereocenters. The number of hydrogen-bond acceptors (Lipinski definition) is 4. The van der Waals surface area contributed by atoms with Gasteiger partial charge in [-0.1, -0.05) is 54.6 Å². The third-order valence-electron chi connectivity index (χ3n) is 2.82. The number of hydrogen-bond donors (Lipinski definition) is 3. The van der Waals surface area contributed by atoms with Crippen LogP contribution in [0.1, 0.15) is 5.56 Å². The third-order valence-corrected chi connectivity index (χ3v) is 2.82. The summed E-state index contributed by atoms with van der Waals surface area (Å²) in [7, 11) is 0. The number of aliphatic imine (C=N–C) groups is 1. The summed E-state index contributed by atoms with van der Waals surface area (Å²) in [5.74, 6) is 10.8. The van der Waals surface area contributed by atoms with Crippen molar-refractivity contribution in [3.05, 3.63) is 65.7 Å². The topological polar surface area (TPSA) is 108 Å². The van der Waals surface area contributed by atoms with E-state index in [1.54, 1.807) is 0 Å². The van der Waals surface area contributed by atoms with Crippen LogP contribution in [-0.2, 0) is 0 Å². The van der Waals surface area contributed by atoms with Gasteiger partial charge in [0.1, 0.15) is 5.84 Å². The average molecular weight is 269 g/mol. The molecule has 0 amide bonds. The Bertz CT molecular complexity index is 564. The van der Waals surface area contributed by atoms with E-state index < -0.39 is 0 Å². The van der Waals surface area contributed by atoms with Gasteiger partial charge in [0.05, 0.1) is 6.67 Å². The Labute approximate surface area is 117 Å². The molecule has 2 rings (SSSR count). The third kappa shape index (κ3) is 3.62. The van der Waals surface area contributed by atoms with Crippen LogP contribution in [0, 0.1) is 0 Å². The average Bonchev–Trinajstić information content (AvgIpc) is 2.53. The second-order valence-electron chi connectivity index (χ2n) is 4.18. The normalized spacial score (nSPS) is 11.8. The van der Waals surface area contributed by atoms with E-state index >= 15 is 0 Å². The zero-order valence-corrected chi connectivity index (χ0v) is 11.0. The number of hydrazine groups is 1. The van der Waals surface area contributed by atoms with E-state index in [4.69, 9.17) is 17.4 Å². The van der Waals surface area contributed by atoms with Crippen molar-refractivity contribution in [3.63, 3.8) is 0 Å². The van der Waals surface area contributed by atoms with Crippen LogP contribution >= 0.6 is 0 Å². The van der Waals surface area contributed by atoms with Crippen molar-refractivity contribution >= 4 is 5.84 Å². The first-order valence-corrected chi connectivity index (χ1v) is 6.09. The second-order valence-corrected chi connectivity index (χ2v) is 4.18. The summed E-state index contributed by atoms with van der Waals surface area (Å²) in [6, 6.07) is 18.0. The zero-order chi connectivity index (χ0) is 14.4. The van der Waals surface area contributed by atoms with Gasteiger partial charge in [-0.25, -0.2) is 0 Å². The smallest absolute Gasteiger partial charge is 0.127 e. The van der Waals surface area contributed by atoms with E-state index in [2.05, 4.69) is 22.7 Å². The van der Waals surface area contributed by atoms with E-state index in [-0.39, 0.29) is 6.67 Å². The van der Waals surface area contributed by atoms with Crippen LogP contribution in [0.3, 0.4) is 0 Å². The van der Waals surface area contributed by atoms with E-state index in [1.165, 1.54) is 0 Å². The Morgan fingerprint density at radius 1 is 1.00 bits per heavy atom. The SMILES string of the molecule is N[N-]N(N)CN=C(N)c1ccc(-c2ccccc2)cc1. The molecule has 20 heavy (non-hydrogen) atoms. The molecule has 6 nitrogen and oxygen atoms in total. The van der Waals surface area contributed by atoms with Gasteiger partial charge in [0, 0.05) is 5.56 Å². The molecule has 2 aromatic rings. The maximum Gasteiger partial charge on any atom is 0.127 e. The fourth-order valence-corrected chi connectivity index (χ4v) is 1.74. The molecule has 0 aliphatic heterocycles. The Morgan fingerprint density at radius 2 is 1.60 bits per heavy atom. The van der Waals surface area contributed by atoms with Crippen molar-refractivity contribution in [1.29, 1.82) is 0 Å². The molecule has 0 radical (unpaired) electrons.